The molecule has 6 nitrogen and oxygen atoms in total. The summed E-state index contributed by atoms with van der Waals surface area (Å²) in [6, 6.07) is 0.00970. The van der Waals surface area contributed by atoms with Gasteiger partial charge in [0.15, 0.2) is 5.96 Å². The molecule has 2 atom stereocenters. The lowest BCUT2D eigenvalue weighted by molar-refractivity contribution is 0.142. The lowest BCUT2D eigenvalue weighted by Gasteiger charge is -2.42. The van der Waals surface area contributed by atoms with E-state index in [-0.39, 0.29) is 30.0 Å². The molecule has 0 amide bonds. The van der Waals surface area contributed by atoms with Crippen molar-refractivity contribution in [3.63, 3.8) is 0 Å². The van der Waals surface area contributed by atoms with Crippen LogP contribution in [-0.4, -0.2) is 68.6 Å². The number of hydrogen-bond acceptors (Lipinski definition) is 3. The minimum atomic E-state index is -3.13. The Labute approximate surface area is 177 Å². The Balaban J connectivity index is 0.00000338. The Morgan fingerprint density at radius 1 is 1.27 bits per heavy atom. The van der Waals surface area contributed by atoms with Crippen molar-refractivity contribution in [3.8, 4) is 0 Å². The Hall–Kier alpha value is -0.0900. The molecule has 2 heterocycles. The summed E-state index contributed by atoms with van der Waals surface area (Å²) in [7, 11) is -3.13. The Kier molecular flexibility index (Phi) is 9.63. The molecule has 2 rings (SSSR count). The van der Waals surface area contributed by atoms with Crippen molar-refractivity contribution in [2.45, 2.75) is 65.3 Å². The van der Waals surface area contributed by atoms with Gasteiger partial charge in [-0.1, -0.05) is 20.3 Å². The second-order valence-corrected chi connectivity index (χ2v) is 9.89. The summed E-state index contributed by atoms with van der Waals surface area (Å²) in [4.78, 5) is 7.21. The molecule has 0 bridgehead atoms. The van der Waals surface area contributed by atoms with Crippen LogP contribution in [0.2, 0.25) is 0 Å². The van der Waals surface area contributed by atoms with Gasteiger partial charge < -0.3 is 10.2 Å². The third-order valence-electron chi connectivity index (χ3n) is 5.47. The van der Waals surface area contributed by atoms with Crippen LogP contribution in [0.25, 0.3) is 0 Å². The highest BCUT2D eigenvalue weighted by molar-refractivity contribution is 14.0. The number of halogens is 1. The van der Waals surface area contributed by atoms with Gasteiger partial charge in [-0.2, -0.15) is 4.31 Å². The van der Waals surface area contributed by atoms with E-state index in [0.29, 0.717) is 18.5 Å². The van der Waals surface area contributed by atoms with E-state index >= 15 is 0 Å². The zero-order valence-corrected chi connectivity index (χ0v) is 20.0. The molecule has 2 saturated heterocycles. The first-order chi connectivity index (χ1) is 11.8. The second kappa shape index (κ2) is 10.5. The summed E-state index contributed by atoms with van der Waals surface area (Å²) < 4.78 is 25.5. The summed E-state index contributed by atoms with van der Waals surface area (Å²) in [5, 5.41) is 3.42. The van der Waals surface area contributed by atoms with E-state index in [4.69, 9.17) is 4.99 Å². The number of guanidine groups is 1. The van der Waals surface area contributed by atoms with Crippen molar-refractivity contribution in [2.24, 2.45) is 10.4 Å². The molecule has 1 N–H and O–H groups in total. The standard InChI is InChI=1S/C18H36N4O2S.HI/c1-5-10-18(3)11-8-12-21(15-18)17(19-6-2)20-14-16-9-7-13-22(16)25(4,23)24;/h16H,5-15H2,1-4H3,(H,19,20);1H/t16-,18?;/m1./s1. The van der Waals surface area contributed by atoms with Gasteiger partial charge in [0.2, 0.25) is 10.0 Å². The Morgan fingerprint density at radius 2 is 2.00 bits per heavy atom. The predicted molar refractivity (Wildman–Crippen MR) is 120 cm³/mol. The van der Waals surface area contributed by atoms with Crippen LogP contribution in [0.5, 0.6) is 0 Å². The van der Waals surface area contributed by atoms with Crippen LogP contribution in [0.1, 0.15) is 59.3 Å². The van der Waals surface area contributed by atoms with Gasteiger partial charge in [-0.15, -0.1) is 24.0 Å². The Bertz CT molecular complexity index is 566. The number of sulfonamides is 1. The van der Waals surface area contributed by atoms with Crippen LogP contribution >= 0.6 is 24.0 Å². The number of piperidine rings is 1. The third-order valence-corrected chi connectivity index (χ3v) is 6.80. The highest BCUT2D eigenvalue weighted by Gasteiger charge is 2.33. The van der Waals surface area contributed by atoms with E-state index in [1.807, 2.05) is 0 Å². The van der Waals surface area contributed by atoms with Gasteiger partial charge in [0.25, 0.3) is 0 Å². The van der Waals surface area contributed by atoms with Gasteiger partial charge >= 0.3 is 0 Å². The lowest BCUT2D eigenvalue weighted by Crippen LogP contribution is -2.50. The molecular formula is C18H37IN4O2S. The molecule has 0 saturated carbocycles. The van der Waals surface area contributed by atoms with Crippen LogP contribution in [0.15, 0.2) is 4.99 Å². The first-order valence-corrected chi connectivity index (χ1v) is 11.6. The van der Waals surface area contributed by atoms with Crippen molar-refractivity contribution in [2.75, 3.05) is 39.0 Å². The van der Waals surface area contributed by atoms with Crippen molar-refractivity contribution in [3.05, 3.63) is 0 Å². The molecule has 0 aromatic rings. The quantitative estimate of drug-likeness (QED) is 0.346. The first-order valence-electron chi connectivity index (χ1n) is 9.79. The second-order valence-electron chi connectivity index (χ2n) is 7.95. The number of aliphatic imine (C=N–C) groups is 1. The Morgan fingerprint density at radius 3 is 2.62 bits per heavy atom. The van der Waals surface area contributed by atoms with Crippen LogP contribution in [0, 0.1) is 5.41 Å². The zero-order valence-electron chi connectivity index (χ0n) is 16.8. The fraction of sp³-hybridized carbons (Fsp3) is 0.944. The largest absolute Gasteiger partial charge is 0.357 e. The molecule has 8 heteroatoms. The maximum absolute atomic E-state index is 11.9. The van der Waals surface area contributed by atoms with E-state index in [2.05, 4.69) is 31.0 Å². The molecule has 2 aliphatic rings. The summed E-state index contributed by atoms with van der Waals surface area (Å²) in [5.41, 5.74) is 0.356. The van der Waals surface area contributed by atoms with Crippen molar-refractivity contribution < 1.29 is 8.42 Å². The van der Waals surface area contributed by atoms with Crippen molar-refractivity contribution in [1.29, 1.82) is 0 Å². The fourth-order valence-electron chi connectivity index (χ4n) is 4.35. The molecule has 0 aromatic heterocycles. The van der Waals surface area contributed by atoms with E-state index in [1.54, 1.807) is 4.31 Å². The fourth-order valence-corrected chi connectivity index (χ4v) is 5.52. The molecule has 2 fully saturated rings. The van der Waals surface area contributed by atoms with Crippen molar-refractivity contribution >= 4 is 40.0 Å². The third kappa shape index (κ3) is 6.51. The van der Waals surface area contributed by atoms with Crippen LogP contribution in [-0.2, 0) is 10.0 Å². The van der Waals surface area contributed by atoms with Gasteiger partial charge in [0, 0.05) is 32.2 Å². The van der Waals surface area contributed by atoms with Gasteiger partial charge in [-0.25, -0.2) is 8.42 Å². The topological polar surface area (TPSA) is 65.0 Å². The van der Waals surface area contributed by atoms with E-state index < -0.39 is 10.0 Å². The number of likely N-dealkylation sites (tertiary alicyclic amines) is 1. The van der Waals surface area contributed by atoms with Gasteiger partial charge in [-0.05, 0) is 44.4 Å². The predicted octanol–water partition coefficient (Wildman–Crippen LogP) is 2.90. The number of hydrogen-bond donors (Lipinski definition) is 1. The molecule has 1 unspecified atom stereocenters. The van der Waals surface area contributed by atoms with E-state index in [9.17, 15) is 8.42 Å². The van der Waals surface area contributed by atoms with Gasteiger partial charge in [0.1, 0.15) is 0 Å². The number of nitrogens with one attached hydrogen (secondary N) is 1. The molecule has 0 radical (unpaired) electrons. The monoisotopic (exact) mass is 500 g/mol. The number of nitrogens with zero attached hydrogens (tertiary/aromatic N) is 3. The molecule has 0 aliphatic carbocycles. The highest BCUT2D eigenvalue weighted by Crippen LogP contribution is 2.34. The van der Waals surface area contributed by atoms with Crippen LogP contribution in [0.4, 0.5) is 0 Å². The van der Waals surface area contributed by atoms with Gasteiger partial charge in [-0.3, -0.25) is 4.99 Å². The van der Waals surface area contributed by atoms with Crippen molar-refractivity contribution in [1.82, 2.24) is 14.5 Å². The SMILES string of the molecule is CCCC1(C)CCCN(C(=NC[C@H]2CCCN2S(C)(=O)=O)NCC)C1.I. The maximum atomic E-state index is 11.9. The average molecular weight is 500 g/mol. The van der Waals surface area contributed by atoms with E-state index in [0.717, 1.165) is 38.4 Å². The maximum Gasteiger partial charge on any atom is 0.211 e. The normalized spacial score (nSPS) is 28.1. The molecular weight excluding hydrogens is 463 g/mol. The lowest BCUT2D eigenvalue weighted by atomic mass is 9.78. The molecule has 0 aromatic carbocycles. The summed E-state index contributed by atoms with van der Waals surface area (Å²) in [6.45, 7) is 10.8. The van der Waals surface area contributed by atoms with Crippen LogP contribution in [0.3, 0.4) is 0 Å². The zero-order chi connectivity index (χ0) is 18.5. The molecule has 0 spiro atoms. The minimum absolute atomic E-state index is 0. The number of rotatable bonds is 6. The summed E-state index contributed by atoms with van der Waals surface area (Å²) in [5.74, 6) is 0.949. The smallest absolute Gasteiger partial charge is 0.211 e. The highest BCUT2D eigenvalue weighted by atomic mass is 127. The molecule has 154 valence electrons. The van der Waals surface area contributed by atoms with E-state index in [1.165, 1.54) is 31.9 Å². The first kappa shape index (κ1) is 23.9. The average Bonchev–Trinajstić information content (AvgIpc) is 3.00. The molecule has 2 aliphatic heterocycles. The minimum Gasteiger partial charge on any atom is -0.357 e. The summed E-state index contributed by atoms with van der Waals surface area (Å²) in [6.07, 6.45) is 8.07. The summed E-state index contributed by atoms with van der Waals surface area (Å²) >= 11 is 0. The van der Waals surface area contributed by atoms with Crippen LogP contribution < -0.4 is 5.32 Å². The van der Waals surface area contributed by atoms with Gasteiger partial charge in [0.05, 0.1) is 12.8 Å². The molecule has 26 heavy (non-hydrogen) atoms.